The van der Waals surface area contributed by atoms with E-state index in [1.807, 2.05) is 60.6 Å². The van der Waals surface area contributed by atoms with Gasteiger partial charge < -0.3 is 4.90 Å². The minimum atomic E-state index is -0.530. The Kier molecular flexibility index (Phi) is 10.4. The molecular formula is C20H32N2O3. The maximum absolute atomic E-state index is 12.3. The lowest BCUT2D eigenvalue weighted by Gasteiger charge is -2.29. The molecule has 0 aromatic heterocycles. The number of rotatable bonds is 1. The number of piperidine rings is 1. The molecule has 1 N–H and O–H groups in total. The molecule has 0 spiro atoms. The molecule has 2 heterocycles. The molecule has 2 aliphatic heterocycles. The summed E-state index contributed by atoms with van der Waals surface area (Å²) in [4.78, 5) is 36.8. The molecule has 3 rings (SSSR count). The Morgan fingerprint density at radius 3 is 2.16 bits per heavy atom. The fourth-order valence-electron chi connectivity index (χ4n) is 2.70. The van der Waals surface area contributed by atoms with E-state index in [0.29, 0.717) is 18.5 Å². The highest BCUT2D eigenvalue weighted by Crippen LogP contribution is 2.27. The number of nitrogens with one attached hydrogen (secondary N) is 1. The summed E-state index contributed by atoms with van der Waals surface area (Å²) in [5.41, 5.74) is 2.71. The summed E-state index contributed by atoms with van der Waals surface area (Å²) >= 11 is 0. The minimum Gasteiger partial charge on any atom is -0.322 e. The molecule has 1 unspecified atom stereocenters. The van der Waals surface area contributed by atoms with Crippen LogP contribution in [0.1, 0.15) is 75.9 Å². The van der Waals surface area contributed by atoms with Crippen molar-refractivity contribution in [2.45, 2.75) is 73.9 Å². The number of benzene rings is 1. The lowest BCUT2D eigenvalue weighted by atomic mass is 10.0. The zero-order valence-electron chi connectivity index (χ0n) is 16.6. The standard InChI is InChI=1S/C14H14N2O3.3C2H6/c1-8-2-3-10-9(6-8)7-16(14(10)19)11-4-5-12(17)15-13(11)18;3*1-2/h2-3,6,11H,4-5,7H2,1H3,(H,15,17,18);3*1-2H3. The maximum atomic E-state index is 12.3. The van der Waals surface area contributed by atoms with Crippen LogP contribution in [0.15, 0.2) is 18.2 Å². The predicted molar refractivity (Wildman–Crippen MR) is 101 cm³/mol. The lowest BCUT2D eigenvalue weighted by molar-refractivity contribution is -0.136. The molecule has 1 aromatic carbocycles. The minimum absolute atomic E-state index is 0.121. The van der Waals surface area contributed by atoms with E-state index in [1.165, 1.54) is 0 Å². The average molecular weight is 348 g/mol. The highest BCUT2D eigenvalue weighted by molar-refractivity contribution is 6.05. The second kappa shape index (κ2) is 11.4. The number of carbonyl (C=O) groups excluding carboxylic acids is 3. The molecule has 0 bridgehead atoms. The Bertz CT molecular complexity index is 597. The fourth-order valence-corrected chi connectivity index (χ4v) is 2.70. The number of imide groups is 1. The Hall–Kier alpha value is -2.17. The van der Waals surface area contributed by atoms with Crippen molar-refractivity contribution in [3.8, 4) is 0 Å². The van der Waals surface area contributed by atoms with Gasteiger partial charge in [0.15, 0.2) is 0 Å². The van der Waals surface area contributed by atoms with Crippen LogP contribution >= 0.6 is 0 Å². The number of hydrogen-bond acceptors (Lipinski definition) is 3. The first-order valence-corrected chi connectivity index (χ1v) is 9.30. The zero-order valence-corrected chi connectivity index (χ0v) is 16.6. The van der Waals surface area contributed by atoms with Gasteiger partial charge in [0.1, 0.15) is 6.04 Å². The van der Waals surface area contributed by atoms with E-state index in [-0.39, 0.29) is 24.1 Å². The molecule has 5 nitrogen and oxygen atoms in total. The van der Waals surface area contributed by atoms with Crippen LogP contribution in [0.25, 0.3) is 0 Å². The van der Waals surface area contributed by atoms with Crippen LogP contribution in [0.3, 0.4) is 0 Å². The number of hydrogen-bond donors (Lipinski definition) is 1. The summed E-state index contributed by atoms with van der Waals surface area (Å²) in [6.07, 6.45) is 0.693. The molecule has 25 heavy (non-hydrogen) atoms. The smallest absolute Gasteiger partial charge is 0.255 e. The van der Waals surface area contributed by atoms with Crippen LogP contribution in [0.2, 0.25) is 0 Å². The second-order valence-electron chi connectivity index (χ2n) is 5.06. The number of fused-ring (bicyclic) bond motifs is 1. The molecule has 140 valence electrons. The first-order chi connectivity index (χ1) is 12.1. The number of amides is 3. The van der Waals surface area contributed by atoms with Crippen molar-refractivity contribution in [1.82, 2.24) is 10.2 Å². The summed E-state index contributed by atoms with van der Waals surface area (Å²) in [6, 6.07) is 5.14. The van der Waals surface area contributed by atoms with Crippen LogP contribution in [0.5, 0.6) is 0 Å². The van der Waals surface area contributed by atoms with Crippen molar-refractivity contribution in [1.29, 1.82) is 0 Å². The van der Waals surface area contributed by atoms with Crippen LogP contribution in [-0.4, -0.2) is 28.7 Å². The molecule has 1 aromatic rings. The third-order valence-corrected chi connectivity index (χ3v) is 3.68. The van der Waals surface area contributed by atoms with E-state index in [4.69, 9.17) is 0 Å². The highest BCUT2D eigenvalue weighted by atomic mass is 16.2. The van der Waals surface area contributed by atoms with Crippen molar-refractivity contribution in [2.75, 3.05) is 0 Å². The van der Waals surface area contributed by atoms with Gasteiger partial charge in [0.25, 0.3) is 5.91 Å². The Morgan fingerprint density at radius 2 is 1.60 bits per heavy atom. The molecular weight excluding hydrogens is 316 g/mol. The van der Waals surface area contributed by atoms with Crippen LogP contribution in [0.4, 0.5) is 0 Å². The van der Waals surface area contributed by atoms with Gasteiger partial charge in [-0.25, -0.2) is 0 Å². The van der Waals surface area contributed by atoms with E-state index < -0.39 is 6.04 Å². The summed E-state index contributed by atoms with van der Waals surface area (Å²) in [5.74, 6) is -0.750. The summed E-state index contributed by atoms with van der Waals surface area (Å²) in [6.45, 7) is 14.4. The van der Waals surface area contributed by atoms with Crippen molar-refractivity contribution in [2.24, 2.45) is 0 Å². The van der Waals surface area contributed by atoms with Gasteiger partial charge in [-0.3, -0.25) is 19.7 Å². The summed E-state index contributed by atoms with van der Waals surface area (Å²) in [7, 11) is 0. The van der Waals surface area contributed by atoms with Gasteiger partial charge >= 0.3 is 0 Å². The molecule has 1 saturated heterocycles. The maximum Gasteiger partial charge on any atom is 0.255 e. The molecule has 5 heteroatoms. The van der Waals surface area contributed by atoms with E-state index in [0.717, 1.165) is 11.1 Å². The Balaban J connectivity index is 0.000000871. The zero-order chi connectivity index (χ0) is 19.6. The lowest BCUT2D eigenvalue weighted by Crippen LogP contribution is -2.52. The van der Waals surface area contributed by atoms with Crippen molar-refractivity contribution in [3.63, 3.8) is 0 Å². The third-order valence-electron chi connectivity index (χ3n) is 3.68. The number of nitrogens with zero attached hydrogens (tertiary/aromatic N) is 1. The molecule has 1 fully saturated rings. The first-order valence-electron chi connectivity index (χ1n) is 9.30. The molecule has 2 aliphatic rings. The van der Waals surface area contributed by atoms with Gasteiger partial charge in [0.2, 0.25) is 11.8 Å². The fraction of sp³-hybridized carbons (Fsp3) is 0.550. The average Bonchev–Trinajstić information content (AvgIpc) is 2.96. The van der Waals surface area contributed by atoms with Gasteiger partial charge in [-0.2, -0.15) is 0 Å². The van der Waals surface area contributed by atoms with Gasteiger partial charge in [-0.05, 0) is 25.0 Å². The Morgan fingerprint density at radius 1 is 1.00 bits per heavy atom. The van der Waals surface area contributed by atoms with Gasteiger partial charge in [-0.15, -0.1) is 0 Å². The largest absolute Gasteiger partial charge is 0.322 e. The van der Waals surface area contributed by atoms with Crippen LogP contribution < -0.4 is 5.32 Å². The van der Waals surface area contributed by atoms with E-state index in [2.05, 4.69) is 5.32 Å². The van der Waals surface area contributed by atoms with Gasteiger partial charge in [0, 0.05) is 18.5 Å². The molecule has 1 atom stereocenters. The van der Waals surface area contributed by atoms with E-state index >= 15 is 0 Å². The van der Waals surface area contributed by atoms with Crippen LogP contribution in [-0.2, 0) is 16.1 Å². The molecule has 0 aliphatic carbocycles. The SMILES string of the molecule is CC.CC.CC.Cc1ccc2c(c1)CN(C1CCC(=O)NC1=O)C2=O. The van der Waals surface area contributed by atoms with Crippen LogP contribution in [0, 0.1) is 6.92 Å². The predicted octanol–water partition coefficient (Wildman–Crippen LogP) is 3.83. The monoisotopic (exact) mass is 348 g/mol. The van der Waals surface area contributed by atoms with E-state index in [1.54, 1.807) is 11.0 Å². The van der Waals surface area contributed by atoms with E-state index in [9.17, 15) is 14.4 Å². The second-order valence-corrected chi connectivity index (χ2v) is 5.06. The quantitative estimate of drug-likeness (QED) is 0.784. The summed E-state index contributed by atoms with van der Waals surface area (Å²) in [5, 5.41) is 2.29. The molecule has 0 saturated carbocycles. The van der Waals surface area contributed by atoms with Gasteiger partial charge in [-0.1, -0.05) is 59.2 Å². The van der Waals surface area contributed by atoms with Crippen molar-refractivity contribution < 1.29 is 14.4 Å². The topological polar surface area (TPSA) is 66.5 Å². The number of aryl methyl sites for hydroxylation is 1. The summed E-state index contributed by atoms with van der Waals surface area (Å²) < 4.78 is 0. The third kappa shape index (κ3) is 5.41. The molecule has 3 amide bonds. The Labute approximate surface area is 151 Å². The molecule has 0 radical (unpaired) electrons. The number of carbonyl (C=O) groups is 3. The van der Waals surface area contributed by atoms with Gasteiger partial charge in [0.05, 0.1) is 0 Å². The van der Waals surface area contributed by atoms with Crippen molar-refractivity contribution >= 4 is 17.7 Å². The first kappa shape index (κ1) is 22.8. The highest BCUT2D eigenvalue weighted by Gasteiger charge is 2.38. The normalized spacial score (nSPS) is 17.8. The van der Waals surface area contributed by atoms with Crippen molar-refractivity contribution in [3.05, 3.63) is 34.9 Å².